The minimum Gasteiger partial charge on any atom is -0.412 e. The molecule has 0 atom stereocenters. The summed E-state index contributed by atoms with van der Waals surface area (Å²) in [4.78, 5) is 0. The molecule has 0 spiro atoms. The molecule has 2 nitrogen and oxygen atoms in total. The molecular formula is C25H55ClI2O2Si2. The zero-order valence-electron chi connectivity index (χ0n) is 22.2. The highest BCUT2D eigenvalue weighted by Gasteiger charge is 2.44. The van der Waals surface area contributed by atoms with Crippen molar-refractivity contribution in [3.8, 4) is 0 Å². The average Bonchev–Trinajstić information content (AvgIpc) is 2.64. The van der Waals surface area contributed by atoms with Crippen molar-refractivity contribution in [3.63, 3.8) is 0 Å². The Hall–Kier alpha value is 1.58. The first-order chi connectivity index (χ1) is 14.1. The van der Waals surface area contributed by atoms with E-state index in [0.29, 0.717) is 33.2 Å². The molecule has 0 aliphatic carbocycles. The lowest BCUT2D eigenvalue weighted by Crippen LogP contribution is -2.47. The third-order valence-corrected chi connectivity index (χ3v) is 22.4. The highest BCUT2D eigenvalue weighted by molar-refractivity contribution is 14.1. The van der Waals surface area contributed by atoms with Crippen molar-refractivity contribution < 1.29 is 9.53 Å². The summed E-state index contributed by atoms with van der Waals surface area (Å²) in [6, 6.07) is 0. The average molecular weight is 733 g/mol. The largest absolute Gasteiger partial charge is 0.412 e. The number of hydrogen-bond donors (Lipinski definition) is 1. The quantitative estimate of drug-likeness (QED) is 0.138. The lowest BCUT2D eigenvalue weighted by Gasteiger charge is -2.41. The molecule has 0 unspecified atom stereocenters. The van der Waals surface area contributed by atoms with Gasteiger partial charge in [0.25, 0.3) is 0 Å². The zero-order valence-corrected chi connectivity index (χ0v) is 29.2. The van der Waals surface area contributed by atoms with Crippen molar-refractivity contribution in [2.45, 2.75) is 124 Å². The van der Waals surface area contributed by atoms with Crippen LogP contribution in [0.3, 0.4) is 0 Å². The molecule has 0 radical (unpaired) electrons. The second-order valence-electron chi connectivity index (χ2n) is 9.83. The minimum absolute atomic E-state index is 0. The molecule has 0 saturated carbocycles. The molecule has 0 aliphatic heterocycles. The van der Waals surface area contributed by atoms with Gasteiger partial charge < -0.3 is 9.53 Å². The Morgan fingerprint density at radius 1 is 0.688 bits per heavy atom. The van der Waals surface area contributed by atoms with Crippen molar-refractivity contribution in [3.05, 3.63) is 20.3 Å². The highest BCUT2D eigenvalue weighted by Crippen LogP contribution is 2.44. The van der Waals surface area contributed by atoms with Crippen molar-refractivity contribution in [1.29, 1.82) is 0 Å². The second kappa shape index (κ2) is 21.8. The summed E-state index contributed by atoms with van der Waals surface area (Å²) in [7, 11) is -3.13. The van der Waals surface area contributed by atoms with Crippen LogP contribution in [-0.2, 0) is 4.43 Å². The van der Waals surface area contributed by atoms with Gasteiger partial charge in [0.2, 0.25) is 8.32 Å². The summed E-state index contributed by atoms with van der Waals surface area (Å²) >= 11 is 11.0. The predicted octanol–water partition coefficient (Wildman–Crippen LogP) is 11.1. The molecule has 1 N–H and O–H groups in total. The van der Waals surface area contributed by atoms with Crippen LogP contribution < -0.4 is 0 Å². The number of hydrogen-bond acceptors (Lipinski definition) is 2. The van der Waals surface area contributed by atoms with Gasteiger partial charge in [0.05, 0.1) is 13.2 Å². The monoisotopic (exact) mass is 732 g/mol. The fraction of sp³-hybridized carbons (Fsp3) is 0.840. The Balaban J connectivity index is -0.000000203. The molecule has 0 fully saturated rings. The van der Waals surface area contributed by atoms with Gasteiger partial charge in [0.1, 0.15) is 0 Å². The third kappa shape index (κ3) is 14.2. The molecule has 0 amide bonds. The Morgan fingerprint density at radius 3 is 1.12 bits per heavy atom. The minimum atomic E-state index is -1.62. The summed E-state index contributed by atoms with van der Waals surface area (Å²) in [5, 5.41) is 7.97. The number of rotatable bonds is 10. The van der Waals surface area contributed by atoms with Crippen molar-refractivity contribution in [2.24, 2.45) is 0 Å². The van der Waals surface area contributed by atoms with E-state index in [4.69, 9.17) is 20.6 Å². The van der Waals surface area contributed by atoms with Gasteiger partial charge in [0, 0.05) is 0 Å². The van der Waals surface area contributed by atoms with Gasteiger partial charge in [-0.05, 0) is 41.4 Å². The molecule has 0 aromatic carbocycles. The molecule has 32 heavy (non-hydrogen) atoms. The van der Waals surface area contributed by atoms with Crippen LogP contribution in [0.2, 0.25) is 33.2 Å². The zero-order chi connectivity index (χ0) is 25.4. The molecule has 0 rings (SSSR count). The fourth-order valence-electron chi connectivity index (χ4n) is 4.77. The van der Waals surface area contributed by atoms with E-state index in [9.17, 15) is 0 Å². The van der Waals surface area contributed by atoms with E-state index < -0.39 is 15.7 Å². The maximum Gasteiger partial charge on any atom is 0.200 e. The smallest absolute Gasteiger partial charge is 0.200 e. The lowest BCUT2D eigenvalue weighted by atomic mass is 10.5. The Bertz CT molecular complexity index is 437. The highest BCUT2D eigenvalue weighted by atomic mass is 127. The maximum atomic E-state index is 7.97. The molecule has 7 heteroatoms. The molecule has 0 aromatic rings. The predicted molar refractivity (Wildman–Crippen MR) is 174 cm³/mol. The SMILES string of the molecule is C.CC(C)[Si](Cl)(C(C)C)C(C)C.CC(C)[Si](OC/C=C/I)(C(C)C)C(C)C.OC/C=C/I. The lowest BCUT2D eigenvalue weighted by molar-refractivity contribution is 0.316. The van der Waals surface area contributed by atoms with Gasteiger partial charge in [-0.25, -0.2) is 0 Å². The molecule has 0 saturated heterocycles. The molecule has 196 valence electrons. The van der Waals surface area contributed by atoms with E-state index in [1.165, 1.54) is 0 Å². The van der Waals surface area contributed by atoms with Gasteiger partial charge in [-0.1, -0.05) is 148 Å². The molecular weight excluding hydrogens is 678 g/mol. The van der Waals surface area contributed by atoms with E-state index >= 15 is 0 Å². The van der Waals surface area contributed by atoms with E-state index in [2.05, 4.69) is 112 Å². The molecule has 0 aliphatic rings. The molecule has 0 bridgehead atoms. The van der Waals surface area contributed by atoms with Gasteiger partial charge in [0.15, 0.2) is 7.38 Å². The third-order valence-electron chi connectivity index (χ3n) is 6.07. The van der Waals surface area contributed by atoms with Crippen molar-refractivity contribution >= 4 is 72.0 Å². The van der Waals surface area contributed by atoms with E-state index in [-0.39, 0.29) is 14.0 Å². The van der Waals surface area contributed by atoms with Crippen LogP contribution in [-0.4, -0.2) is 34.0 Å². The maximum absolute atomic E-state index is 7.97. The van der Waals surface area contributed by atoms with Crippen LogP contribution in [0.4, 0.5) is 0 Å². The summed E-state index contributed by atoms with van der Waals surface area (Å²) in [5.41, 5.74) is 4.10. The van der Waals surface area contributed by atoms with Crippen LogP contribution in [0.15, 0.2) is 20.3 Å². The summed E-state index contributed by atoms with van der Waals surface area (Å²) in [5.74, 6) is 0. The topological polar surface area (TPSA) is 29.5 Å². The van der Waals surface area contributed by atoms with Crippen LogP contribution in [0.1, 0.15) is 90.5 Å². The van der Waals surface area contributed by atoms with E-state index in [1.54, 1.807) is 10.2 Å². The Kier molecular flexibility index (Phi) is 27.8. The van der Waals surface area contributed by atoms with Gasteiger partial charge in [-0.15, -0.1) is 0 Å². The van der Waals surface area contributed by atoms with Gasteiger partial charge in [-0.2, -0.15) is 11.1 Å². The summed E-state index contributed by atoms with van der Waals surface area (Å²) in [6.45, 7) is 28.4. The first-order valence-electron chi connectivity index (χ1n) is 11.6. The number of aliphatic hydroxyl groups is 1. The van der Waals surface area contributed by atoms with Crippen LogP contribution in [0.5, 0.6) is 0 Å². The van der Waals surface area contributed by atoms with Crippen LogP contribution in [0.25, 0.3) is 0 Å². The molecule has 0 heterocycles. The normalized spacial score (nSPS) is 12.7. The van der Waals surface area contributed by atoms with Crippen LogP contribution >= 0.6 is 56.3 Å². The summed E-state index contributed by atoms with van der Waals surface area (Å²) < 4.78 is 10.1. The number of aliphatic hydroxyl groups excluding tert-OH is 1. The first kappa shape index (κ1) is 40.7. The van der Waals surface area contributed by atoms with E-state index in [0.717, 1.165) is 6.61 Å². The van der Waals surface area contributed by atoms with Gasteiger partial charge >= 0.3 is 0 Å². The first-order valence-corrected chi connectivity index (χ1v) is 19.5. The van der Waals surface area contributed by atoms with Crippen molar-refractivity contribution in [1.82, 2.24) is 0 Å². The van der Waals surface area contributed by atoms with E-state index in [1.807, 2.05) is 26.7 Å². The summed E-state index contributed by atoms with van der Waals surface area (Å²) in [6.07, 6.45) is 3.77. The second-order valence-corrected chi connectivity index (χ2v) is 23.8. The Labute approximate surface area is 236 Å². The molecule has 0 aromatic heterocycles. The fourth-order valence-corrected chi connectivity index (χ4v) is 14.6. The van der Waals surface area contributed by atoms with Gasteiger partial charge in [-0.3, -0.25) is 0 Å². The standard InChI is InChI=1S/C12H25IOSi.C9H21ClSi.C3H5IO.CH4/c1-10(2)15(11(3)4,12(5)6)14-9-7-8-13;1-7(2)11(10,8(3)4)9(5)6;4-2-1-3-5;/h7-8,10-12H,9H2,1-6H3;7-9H,1-6H3;1-2,5H,3H2;1H4/b8-7+;;2-1+;. The van der Waals surface area contributed by atoms with Crippen molar-refractivity contribution in [2.75, 3.05) is 13.2 Å². The number of halogens is 3. The Morgan fingerprint density at radius 2 is 1.00 bits per heavy atom. The van der Waals surface area contributed by atoms with Crippen LogP contribution in [0, 0.1) is 0 Å².